The van der Waals surface area contributed by atoms with Gasteiger partial charge in [-0.3, -0.25) is 14.7 Å². The molecular weight excluding hydrogens is 396 g/mol. The first-order valence-corrected chi connectivity index (χ1v) is 10.8. The van der Waals surface area contributed by atoms with Crippen molar-refractivity contribution in [1.82, 2.24) is 14.8 Å². The summed E-state index contributed by atoms with van der Waals surface area (Å²) in [5.41, 5.74) is 2.36. The van der Waals surface area contributed by atoms with Gasteiger partial charge in [-0.2, -0.15) is 0 Å². The van der Waals surface area contributed by atoms with Gasteiger partial charge >= 0.3 is 0 Å². The van der Waals surface area contributed by atoms with Crippen molar-refractivity contribution in [1.29, 1.82) is 0 Å². The highest BCUT2D eigenvalue weighted by atomic mass is 19.2. The molecule has 2 saturated heterocycles. The summed E-state index contributed by atoms with van der Waals surface area (Å²) in [4.78, 5) is 21.8. The van der Waals surface area contributed by atoms with E-state index in [4.69, 9.17) is 0 Å². The fourth-order valence-corrected chi connectivity index (χ4v) is 5.15. The lowest BCUT2D eigenvalue weighted by Crippen LogP contribution is -2.45. The second kappa shape index (κ2) is 8.00. The summed E-state index contributed by atoms with van der Waals surface area (Å²) in [7, 11) is 0. The van der Waals surface area contributed by atoms with Crippen LogP contribution in [0.5, 0.6) is 0 Å². The topological polar surface area (TPSA) is 36.4 Å². The third-order valence-electron chi connectivity index (χ3n) is 6.69. The summed E-state index contributed by atoms with van der Waals surface area (Å²) >= 11 is 0. The summed E-state index contributed by atoms with van der Waals surface area (Å²) in [6.45, 7) is 3.87. The maximum Gasteiger partial charge on any atom is 0.255 e. The molecule has 160 valence electrons. The van der Waals surface area contributed by atoms with Crippen molar-refractivity contribution in [3.8, 4) is 0 Å². The van der Waals surface area contributed by atoms with Crippen LogP contribution in [0.4, 0.5) is 8.78 Å². The van der Waals surface area contributed by atoms with E-state index in [1.54, 1.807) is 12.3 Å². The van der Waals surface area contributed by atoms with Gasteiger partial charge in [0.15, 0.2) is 11.6 Å². The predicted octanol–water partition coefficient (Wildman–Crippen LogP) is 4.64. The van der Waals surface area contributed by atoms with E-state index in [1.807, 2.05) is 35.2 Å². The molecule has 5 rings (SSSR count). The molecule has 0 aliphatic carbocycles. The molecule has 1 amide bonds. The number of fused-ring (bicyclic) bond motifs is 1. The summed E-state index contributed by atoms with van der Waals surface area (Å²) in [6, 6.07) is 13.9. The lowest BCUT2D eigenvalue weighted by Gasteiger charge is -2.40. The number of amides is 1. The zero-order valence-corrected chi connectivity index (χ0v) is 17.4. The smallest absolute Gasteiger partial charge is 0.255 e. The Bertz CT molecular complexity index is 1130. The Labute approximate surface area is 180 Å². The number of halogens is 2. The Morgan fingerprint density at radius 1 is 1.00 bits per heavy atom. The van der Waals surface area contributed by atoms with E-state index >= 15 is 0 Å². The highest BCUT2D eigenvalue weighted by Gasteiger charge is 2.42. The van der Waals surface area contributed by atoms with Gasteiger partial charge in [0, 0.05) is 43.2 Å². The molecule has 1 aromatic heterocycles. The number of hydrogen-bond acceptors (Lipinski definition) is 3. The van der Waals surface area contributed by atoms with Crippen LogP contribution in [0.1, 0.15) is 35.2 Å². The number of carbonyl (C=O) groups excluding carboxylic acids is 1. The van der Waals surface area contributed by atoms with Gasteiger partial charge < -0.3 is 4.90 Å². The van der Waals surface area contributed by atoms with E-state index in [1.165, 1.54) is 12.1 Å². The molecule has 0 radical (unpaired) electrons. The highest BCUT2D eigenvalue weighted by molar-refractivity contribution is 5.97. The van der Waals surface area contributed by atoms with E-state index < -0.39 is 11.6 Å². The maximum atomic E-state index is 13.6. The number of carbonyl (C=O) groups is 1. The van der Waals surface area contributed by atoms with Crippen molar-refractivity contribution in [2.75, 3.05) is 26.2 Å². The van der Waals surface area contributed by atoms with E-state index in [9.17, 15) is 13.6 Å². The van der Waals surface area contributed by atoms with E-state index in [0.717, 1.165) is 61.9 Å². The lowest BCUT2D eigenvalue weighted by atomic mass is 9.79. The van der Waals surface area contributed by atoms with Gasteiger partial charge in [0.05, 0.1) is 11.1 Å². The molecular formula is C25H25F2N3O. The number of piperidine rings is 1. The lowest BCUT2D eigenvalue weighted by molar-refractivity contribution is 0.0675. The minimum absolute atomic E-state index is 0.0351. The normalized spacial score (nSPS) is 21.8. The average Bonchev–Trinajstić information content (AvgIpc) is 3.18. The van der Waals surface area contributed by atoms with Crippen LogP contribution in [0.2, 0.25) is 0 Å². The minimum Gasteiger partial charge on any atom is -0.338 e. The highest BCUT2D eigenvalue weighted by Crippen LogP contribution is 2.40. The van der Waals surface area contributed by atoms with Crippen LogP contribution in [0, 0.1) is 17.0 Å². The Kier molecular flexibility index (Phi) is 5.18. The first-order valence-electron chi connectivity index (χ1n) is 10.8. The van der Waals surface area contributed by atoms with E-state index in [-0.39, 0.29) is 11.3 Å². The number of benzene rings is 2. The third kappa shape index (κ3) is 4.04. The fraction of sp³-hybridized carbons (Fsp3) is 0.360. The predicted molar refractivity (Wildman–Crippen MR) is 116 cm³/mol. The van der Waals surface area contributed by atoms with Gasteiger partial charge in [-0.15, -0.1) is 0 Å². The third-order valence-corrected chi connectivity index (χ3v) is 6.69. The summed E-state index contributed by atoms with van der Waals surface area (Å²) in [5, 5.41) is 0.970. The number of likely N-dealkylation sites (tertiary alicyclic amines) is 2. The second-order valence-electron chi connectivity index (χ2n) is 8.96. The molecule has 0 N–H and O–H groups in total. The van der Waals surface area contributed by atoms with Crippen LogP contribution in [0.3, 0.4) is 0 Å². The van der Waals surface area contributed by atoms with Crippen LogP contribution in [0.25, 0.3) is 10.9 Å². The number of aromatic nitrogens is 1. The average molecular weight is 421 g/mol. The van der Waals surface area contributed by atoms with Gasteiger partial charge in [-0.1, -0.05) is 24.3 Å². The van der Waals surface area contributed by atoms with Crippen LogP contribution in [0.15, 0.2) is 54.7 Å². The largest absolute Gasteiger partial charge is 0.338 e. The fourth-order valence-electron chi connectivity index (χ4n) is 5.15. The Balaban J connectivity index is 1.27. The second-order valence-corrected chi connectivity index (χ2v) is 8.96. The standard InChI is InChI=1S/C25H25F2N3O/c26-21-7-6-18(12-22(21)27)15-29-10-3-8-25(16-29)9-11-30(17-25)24(31)20-13-19-4-1-2-5-23(19)28-14-20/h1-2,4-7,12-14H,3,8-11,15-17H2. The number of nitrogens with zero attached hydrogens (tertiary/aromatic N) is 3. The maximum absolute atomic E-state index is 13.6. The molecule has 1 spiro atoms. The van der Waals surface area contributed by atoms with E-state index in [2.05, 4.69) is 9.88 Å². The Morgan fingerprint density at radius 3 is 2.74 bits per heavy atom. The van der Waals surface area contributed by atoms with E-state index in [0.29, 0.717) is 12.1 Å². The molecule has 3 aromatic rings. The number of rotatable bonds is 3. The molecule has 4 nitrogen and oxygen atoms in total. The first-order chi connectivity index (χ1) is 15.0. The molecule has 0 bridgehead atoms. The zero-order valence-electron chi connectivity index (χ0n) is 17.4. The van der Waals surface area contributed by atoms with Crippen molar-refractivity contribution in [2.24, 2.45) is 5.41 Å². The molecule has 1 atom stereocenters. The van der Waals surface area contributed by atoms with Crippen LogP contribution < -0.4 is 0 Å². The van der Waals surface area contributed by atoms with Crippen molar-refractivity contribution >= 4 is 16.8 Å². The quantitative estimate of drug-likeness (QED) is 0.618. The molecule has 1 unspecified atom stereocenters. The molecule has 2 aromatic carbocycles. The molecule has 2 fully saturated rings. The van der Waals surface area contributed by atoms with Crippen LogP contribution >= 0.6 is 0 Å². The summed E-state index contributed by atoms with van der Waals surface area (Å²) in [5.74, 6) is -1.58. The van der Waals surface area contributed by atoms with Crippen molar-refractivity contribution in [3.63, 3.8) is 0 Å². The number of pyridine rings is 1. The zero-order chi connectivity index (χ0) is 21.4. The van der Waals surface area contributed by atoms with Crippen molar-refractivity contribution < 1.29 is 13.6 Å². The monoisotopic (exact) mass is 421 g/mol. The Hall–Kier alpha value is -2.86. The van der Waals surface area contributed by atoms with Crippen LogP contribution in [-0.4, -0.2) is 46.9 Å². The van der Waals surface area contributed by atoms with Gasteiger partial charge in [-0.25, -0.2) is 8.78 Å². The first kappa shape index (κ1) is 20.1. The molecule has 31 heavy (non-hydrogen) atoms. The summed E-state index contributed by atoms with van der Waals surface area (Å²) in [6.07, 6.45) is 4.77. The SMILES string of the molecule is O=C(c1cnc2ccccc2c1)N1CCC2(CCCN(Cc3ccc(F)c(F)c3)C2)C1. The molecule has 6 heteroatoms. The van der Waals surface area contributed by atoms with Gasteiger partial charge in [0.25, 0.3) is 5.91 Å². The number of hydrogen-bond donors (Lipinski definition) is 0. The summed E-state index contributed by atoms with van der Waals surface area (Å²) < 4.78 is 26.8. The Morgan fingerprint density at radius 2 is 1.87 bits per heavy atom. The molecule has 2 aliphatic heterocycles. The number of para-hydroxylation sites is 1. The van der Waals surface area contributed by atoms with Gasteiger partial charge in [-0.05, 0) is 55.6 Å². The van der Waals surface area contributed by atoms with Crippen LogP contribution in [-0.2, 0) is 6.54 Å². The molecule has 2 aliphatic rings. The molecule has 3 heterocycles. The molecule has 0 saturated carbocycles. The van der Waals surface area contributed by atoms with Crippen molar-refractivity contribution in [3.05, 3.63) is 77.5 Å². The van der Waals surface area contributed by atoms with Gasteiger partial charge in [0.1, 0.15) is 0 Å². The minimum atomic E-state index is -0.813. The van der Waals surface area contributed by atoms with Crippen molar-refractivity contribution in [2.45, 2.75) is 25.8 Å². The van der Waals surface area contributed by atoms with Gasteiger partial charge in [0.2, 0.25) is 0 Å².